The molecule has 2 heteroatoms. The summed E-state index contributed by atoms with van der Waals surface area (Å²) in [4.78, 5) is 0. The van der Waals surface area contributed by atoms with E-state index in [0.717, 1.165) is 17.6 Å². The number of hydrogen-bond acceptors (Lipinski definition) is 2. The van der Waals surface area contributed by atoms with Crippen LogP contribution < -0.4 is 10.1 Å². The number of nitrogens with one attached hydrogen (secondary N) is 1. The fraction of sp³-hybridized carbons (Fsp3) is 0.684. The van der Waals surface area contributed by atoms with Gasteiger partial charge in [0.1, 0.15) is 5.75 Å². The zero-order valence-electron chi connectivity index (χ0n) is 13.7. The third-order valence-electron chi connectivity index (χ3n) is 5.28. The average molecular weight is 287 g/mol. The lowest BCUT2D eigenvalue weighted by Gasteiger charge is -2.36. The average Bonchev–Trinajstić information content (AvgIpc) is 2.46. The van der Waals surface area contributed by atoms with Crippen molar-refractivity contribution >= 4 is 0 Å². The van der Waals surface area contributed by atoms with Gasteiger partial charge in [-0.2, -0.15) is 0 Å². The van der Waals surface area contributed by atoms with Crippen LogP contribution in [0.4, 0.5) is 0 Å². The lowest BCUT2D eigenvalue weighted by Crippen LogP contribution is -2.39. The fourth-order valence-electron chi connectivity index (χ4n) is 4.46. The summed E-state index contributed by atoms with van der Waals surface area (Å²) in [6.07, 6.45) is 7.84. The van der Waals surface area contributed by atoms with Crippen LogP contribution in [-0.4, -0.2) is 13.2 Å². The number of fused-ring (bicyclic) bond motifs is 1. The summed E-state index contributed by atoms with van der Waals surface area (Å²) in [6, 6.07) is 7.87. The second-order valence-electron chi connectivity index (χ2n) is 7.29. The molecular weight excluding hydrogens is 258 g/mol. The van der Waals surface area contributed by atoms with Crippen molar-refractivity contribution in [1.29, 1.82) is 0 Å². The van der Waals surface area contributed by atoms with Gasteiger partial charge in [0.25, 0.3) is 0 Å². The lowest BCUT2D eigenvalue weighted by atomic mass is 9.79. The predicted octanol–water partition coefficient (Wildman–Crippen LogP) is 4.49. The molecule has 0 heterocycles. The largest absolute Gasteiger partial charge is 0.497 e. The van der Waals surface area contributed by atoms with Crippen molar-refractivity contribution in [3.63, 3.8) is 0 Å². The maximum Gasteiger partial charge on any atom is 0.119 e. The smallest absolute Gasteiger partial charge is 0.119 e. The van der Waals surface area contributed by atoms with Gasteiger partial charge in [0.15, 0.2) is 0 Å². The molecule has 1 N–H and O–H groups in total. The molecule has 1 saturated carbocycles. The molecule has 0 aromatic heterocycles. The van der Waals surface area contributed by atoms with Gasteiger partial charge in [0.05, 0.1) is 7.11 Å². The Kier molecular flexibility index (Phi) is 4.54. The van der Waals surface area contributed by atoms with Crippen molar-refractivity contribution < 1.29 is 4.74 Å². The van der Waals surface area contributed by atoms with Crippen LogP contribution in [0.25, 0.3) is 0 Å². The van der Waals surface area contributed by atoms with Crippen molar-refractivity contribution in [2.24, 2.45) is 11.8 Å². The molecule has 1 aromatic carbocycles. The number of methoxy groups -OCH3 is 1. The molecular formula is C19H29NO. The summed E-state index contributed by atoms with van der Waals surface area (Å²) >= 11 is 0. The Morgan fingerprint density at radius 3 is 2.57 bits per heavy atom. The molecule has 1 fully saturated rings. The topological polar surface area (TPSA) is 21.3 Å². The molecule has 3 unspecified atom stereocenters. The Balaban J connectivity index is 1.73. The first kappa shape index (κ1) is 14.9. The lowest BCUT2D eigenvalue weighted by molar-refractivity contribution is 0.220. The minimum Gasteiger partial charge on any atom is -0.497 e. The maximum atomic E-state index is 5.37. The second kappa shape index (κ2) is 6.39. The molecule has 2 aliphatic carbocycles. The SMILES string of the molecule is COc1ccc2c(c1)CCCC2NC1CC(C)CC(C)C1. The van der Waals surface area contributed by atoms with Gasteiger partial charge in [-0.1, -0.05) is 19.9 Å². The van der Waals surface area contributed by atoms with Crippen molar-refractivity contribution in [1.82, 2.24) is 5.32 Å². The minimum atomic E-state index is 0.544. The van der Waals surface area contributed by atoms with Crippen molar-refractivity contribution in [3.8, 4) is 5.75 Å². The van der Waals surface area contributed by atoms with E-state index < -0.39 is 0 Å². The van der Waals surface area contributed by atoms with Gasteiger partial charge in [-0.15, -0.1) is 0 Å². The van der Waals surface area contributed by atoms with Gasteiger partial charge >= 0.3 is 0 Å². The zero-order chi connectivity index (χ0) is 14.8. The zero-order valence-corrected chi connectivity index (χ0v) is 13.7. The molecule has 3 rings (SSSR count). The van der Waals surface area contributed by atoms with Crippen molar-refractivity contribution in [3.05, 3.63) is 29.3 Å². The molecule has 0 saturated heterocycles. The highest BCUT2D eigenvalue weighted by Gasteiger charge is 2.28. The van der Waals surface area contributed by atoms with Crippen LogP contribution in [0.1, 0.15) is 63.1 Å². The van der Waals surface area contributed by atoms with Crippen LogP contribution in [0.2, 0.25) is 0 Å². The third kappa shape index (κ3) is 3.42. The highest BCUT2D eigenvalue weighted by atomic mass is 16.5. The van der Waals surface area contributed by atoms with Gasteiger partial charge < -0.3 is 10.1 Å². The van der Waals surface area contributed by atoms with Gasteiger partial charge in [-0.05, 0) is 73.6 Å². The monoisotopic (exact) mass is 287 g/mol. The summed E-state index contributed by atoms with van der Waals surface area (Å²) in [5.41, 5.74) is 2.99. The van der Waals surface area contributed by atoms with E-state index in [0.29, 0.717) is 12.1 Å². The normalized spacial score (nSPS) is 32.5. The minimum absolute atomic E-state index is 0.544. The molecule has 2 aliphatic rings. The molecule has 3 atom stereocenters. The van der Waals surface area contributed by atoms with E-state index in [1.165, 1.54) is 49.7 Å². The van der Waals surface area contributed by atoms with E-state index in [4.69, 9.17) is 4.74 Å². The second-order valence-corrected chi connectivity index (χ2v) is 7.29. The molecule has 2 nitrogen and oxygen atoms in total. The molecule has 0 amide bonds. The Morgan fingerprint density at radius 1 is 1.10 bits per heavy atom. The summed E-state index contributed by atoms with van der Waals surface area (Å²) in [6.45, 7) is 4.81. The van der Waals surface area contributed by atoms with E-state index in [2.05, 4.69) is 37.4 Å². The first-order chi connectivity index (χ1) is 10.2. The number of aryl methyl sites for hydroxylation is 1. The molecule has 0 spiro atoms. The Hall–Kier alpha value is -1.02. The van der Waals surface area contributed by atoms with Crippen molar-refractivity contribution in [2.45, 2.75) is 64.5 Å². The molecule has 0 aliphatic heterocycles. The van der Waals surface area contributed by atoms with Crippen LogP contribution in [0.3, 0.4) is 0 Å². The van der Waals surface area contributed by atoms with Crippen LogP contribution in [0, 0.1) is 11.8 Å². The Labute approximate surface area is 129 Å². The van der Waals surface area contributed by atoms with E-state index in [9.17, 15) is 0 Å². The third-order valence-corrected chi connectivity index (χ3v) is 5.28. The van der Waals surface area contributed by atoms with Gasteiger partial charge in [-0.3, -0.25) is 0 Å². The highest BCUT2D eigenvalue weighted by molar-refractivity contribution is 5.39. The standard InChI is InChI=1S/C19H29NO/c1-13-9-14(2)11-16(10-13)20-19-6-4-5-15-12-17(21-3)7-8-18(15)19/h7-8,12-14,16,19-20H,4-6,9-11H2,1-3H3. The molecule has 0 radical (unpaired) electrons. The van der Waals surface area contributed by atoms with Crippen LogP contribution in [-0.2, 0) is 6.42 Å². The van der Waals surface area contributed by atoms with Gasteiger partial charge in [-0.25, -0.2) is 0 Å². The van der Waals surface area contributed by atoms with E-state index in [1.54, 1.807) is 7.11 Å². The quantitative estimate of drug-likeness (QED) is 0.884. The number of ether oxygens (including phenoxy) is 1. The van der Waals surface area contributed by atoms with E-state index in [1.807, 2.05) is 0 Å². The van der Waals surface area contributed by atoms with Crippen LogP contribution in [0.5, 0.6) is 5.75 Å². The van der Waals surface area contributed by atoms with Crippen molar-refractivity contribution in [2.75, 3.05) is 7.11 Å². The van der Waals surface area contributed by atoms with E-state index in [-0.39, 0.29) is 0 Å². The summed E-state index contributed by atoms with van der Waals surface area (Å²) in [5.74, 6) is 2.73. The summed E-state index contributed by atoms with van der Waals surface area (Å²) in [5, 5.41) is 3.97. The van der Waals surface area contributed by atoms with E-state index >= 15 is 0 Å². The number of benzene rings is 1. The van der Waals surface area contributed by atoms with Gasteiger partial charge in [0.2, 0.25) is 0 Å². The Morgan fingerprint density at radius 2 is 1.86 bits per heavy atom. The van der Waals surface area contributed by atoms with Crippen LogP contribution >= 0.6 is 0 Å². The first-order valence-corrected chi connectivity index (χ1v) is 8.58. The Bertz CT molecular complexity index is 474. The maximum absolute atomic E-state index is 5.37. The number of rotatable bonds is 3. The molecule has 116 valence electrons. The molecule has 0 bridgehead atoms. The summed E-state index contributed by atoms with van der Waals surface area (Å²) < 4.78 is 5.37. The summed E-state index contributed by atoms with van der Waals surface area (Å²) in [7, 11) is 1.76. The first-order valence-electron chi connectivity index (χ1n) is 8.58. The highest BCUT2D eigenvalue weighted by Crippen LogP contribution is 2.35. The van der Waals surface area contributed by atoms with Crippen LogP contribution in [0.15, 0.2) is 18.2 Å². The molecule has 21 heavy (non-hydrogen) atoms. The predicted molar refractivity (Wildman–Crippen MR) is 87.8 cm³/mol. The number of hydrogen-bond donors (Lipinski definition) is 1. The fourth-order valence-corrected chi connectivity index (χ4v) is 4.46. The van der Waals surface area contributed by atoms with Gasteiger partial charge in [0, 0.05) is 12.1 Å². The molecule has 1 aromatic rings.